The van der Waals surface area contributed by atoms with Crippen LogP contribution in [0.3, 0.4) is 0 Å². The molecular formula is C25H18F3N3O4. The van der Waals surface area contributed by atoms with E-state index in [9.17, 15) is 27.6 Å². The zero-order valence-electron chi connectivity index (χ0n) is 18.3. The van der Waals surface area contributed by atoms with Gasteiger partial charge in [0, 0.05) is 23.1 Å². The Labute approximate surface area is 196 Å². The average Bonchev–Trinajstić information content (AvgIpc) is 2.85. The maximum absolute atomic E-state index is 12.7. The van der Waals surface area contributed by atoms with Crippen LogP contribution in [-0.2, 0) is 17.3 Å². The number of amides is 1. The van der Waals surface area contributed by atoms with Crippen LogP contribution in [0.25, 0.3) is 10.8 Å². The molecule has 0 unspecified atom stereocenters. The topological polar surface area (TPSA) is 101 Å². The van der Waals surface area contributed by atoms with Crippen molar-refractivity contribution >= 4 is 28.3 Å². The highest BCUT2D eigenvalue weighted by atomic mass is 19.4. The fourth-order valence-electron chi connectivity index (χ4n) is 3.61. The van der Waals surface area contributed by atoms with Gasteiger partial charge in [0.15, 0.2) is 0 Å². The van der Waals surface area contributed by atoms with Gasteiger partial charge in [0.05, 0.1) is 29.3 Å². The molecule has 0 aliphatic heterocycles. The number of aromatic nitrogens is 2. The minimum absolute atomic E-state index is 0.0295. The number of carbonyl (C=O) groups excluding carboxylic acids is 2. The third-order valence-electron chi connectivity index (χ3n) is 5.38. The Balaban J connectivity index is 1.62. The molecule has 0 fully saturated rings. The van der Waals surface area contributed by atoms with Crippen LogP contribution in [0.5, 0.6) is 0 Å². The van der Waals surface area contributed by atoms with Crippen LogP contribution >= 0.6 is 0 Å². The van der Waals surface area contributed by atoms with Gasteiger partial charge in [0.2, 0.25) is 0 Å². The van der Waals surface area contributed by atoms with E-state index >= 15 is 0 Å². The van der Waals surface area contributed by atoms with Crippen molar-refractivity contribution in [3.63, 3.8) is 0 Å². The standard InChI is InChI=1S/C25H18F3N3O4/c1-35-24(34)18-5-3-2-4-15(18)12-21-19-11-10-17(13-20(19)23(33)31-30-21)29-22(32)14-6-8-16(9-7-14)25(26,27)28/h2-11,13H,12H2,1H3,(H,29,32)(H,31,33). The van der Waals surface area contributed by atoms with Crippen LogP contribution in [-0.4, -0.2) is 29.2 Å². The summed E-state index contributed by atoms with van der Waals surface area (Å²) >= 11 is 0. The zero-order chi connectivity index (χ0) is 25.2. The number of hydrogen-bond acceptors (Lipinski definition) is 5. The summed E-state index contributed by atoms with van der Waals surface area (Å²) in [5.74, 6) is -1.13. The van der Waals surface area contributed by atoms with E-state index in [0.29, 0.717) is 22.2 Å². The molecule has 0 radical (unpaired) electrons. The normalized spacial score (nSPS) is 11.3. The molecule has 1 amide bonds. The van der Waals surface area contributed by atoms with Gasteiger partial charge in [-0.05, 0) is 48.0 Å². The number of hydrogen-bond donors (Lipinski definition) is 2. The first kappa shape index (κ1) is 23.7. The first-order chi connectivity index (χ1) is 16.7. The highest BCUT2D eigenvalue weighted by Gasteiger charge is 2.30. The Morgan fingerprint density at radius 2 is 1.71 bits per heavy atom. The summed E-state index contributed by atoms with van der Waals surface area (Å²) in [5, 5.41) is 9.89. The van der Waals surface area contributed by atoms with Crippen LogP contribution in [0.15, 0.2) is 71.5 Å². The van der Waals surface area contributed by atoms with E-state index in [1.807, 2.05) is 0 Å². The van der Waals surface area contributed by atoms with Crippen molar-refractivity contribution in [2.75, 3.05) is 12.4 Å². The number of benzene rings is 3. The second-order valence-electron chi connectivity index (χ2n) is 7.61. The van der Waals surface area contributed by atoms with Gasteiger partial charge in [0.1, 0.15) is 0 Å². The number of nitrogens with zero attached hydrogens (tertiary/aromatic N) is 1. The van der Waals surface area contributed by atoms with E-state index in [0.717, 1.165) is 24.3 Å². The number of alkyl halides is 3. The number of esters is 1. The van der Waals surface area contributed by atoms with E-state index in [1.54, 1.807) is 36.4 Å². The summed E-state index contributed by atoms with van der Waals surface area (Å²) < 4.78 is 43.0. The quantitative estimate of drug-likeness (QED) is 0.407. The molecule has 2 N–H and O–H groups in total. The fourth-order valence-corrected chi connectivity index (χ4v) is 3.61. The third-order valence-corrected chi connectivity index (χ3v) is 5.38. The van der Waals surface area contributed by atoms with Crippen molar-refractivity contribution in [2.45, 2.75) is 12.6 Å². The molecule has 35 heavy (non-hydrogen) atoms. The molecule has 10 heteroatoms. The van der Waals surface area contributed by atoms with Crippen molar-refractivity contribution in [3.05, 3.63) is 105 Å². The fraction of sp³-hybridized carbons (Fsp3) is 0.120. The van der Waals surface area contributed by atoms with Gasteiger partial charge in [-0.25, -0.2) is 9.89 Å². The summed E-state index contributed by atoms with van der Waals surface area (Å²) in [6, 6.07) is 15.3. The smallest absolute Gasteiger partial charge is 0.416 e. The summed E-state index contributed by atoms with van der Waals surface area (Å²) in [4.78, 5) is 37.0. The summed E-state index contributed by atoms with van der Waals surface area (Å²) in [7, 11) is 1.28. The van der Waals surface area contributed by atoms with Gasteiger partial charge < -0.3 is 10.1 Å². The van der Waals surface area contributed by atoms with Gasteiger partial charge in [0.25, 0.3) is 11.5 Å². The predicted octanol–water partition coefficient (Wildman–Crippen LogP) is 4.57. The van der Waals surface area contributed by atoms with Gasteiger partial charge in [-0.15, -0.1) is 0 Å². The number of ether oxygens (including phenoxy) is 1. The molecule has 178 valence electrons. The molecule has 0 spiro atoms. The summed E-state index contributed by atoms with van der Waals surface area (Å²) in [6.07, 6.45) is -4.27. The number of rotatable bonds is 5. The maximum Gasteiger partial charge on any atom is 0.416 e. The monoisotopic (exact) mass is 481 g/mol. The molecule has 1 aromatic heterocycles. The SMILES string of the molecule is COC(=O)c1ccccc1Cc1n[nH]c(=O)c2cc(NC(=O)c3ccc(C(F)(F)F)cc3)ccc12. The first-order valence-electron chi connectivity index (χ1n) is 10.3. The van der Waals surface area contributed by atoms with E-state index in [-0.39, 0.29) is 23.1 Å². The molecule has 0 saturated carbocycles. The van der Waals surface area contributed by atoms with Crippen LogP contribution in [0.4, 0.5) is 18.9 Å². The van der Waals surface area contributed by atoms with Crippen LogP contribution < -0.4 is 10.9 Å². The number of halogens is 3. The summed E-state index contributed by atoms with van der Waals surface area (Å²) in [6.45, 7) is 0. The number of nitrogens with one attached hydrogen (secondary N) is 2. The lowest BCUT2D eigenvalue weighted by atomic mass is 10.00. The number of carbonyl (C=O) groups is 2. The highest BCUT2D eigenvalue weighted by molar-refractivity contribution is 6.05. The van der Waals surface area contributed by atoms with Crippen LogP contribution in [0.1, 0.15) is 37.5 Å². The maximum atomic E-state index is 12.7. The minimum atomic E-state index is -4.50. The predicted molar refractivity (Wildman–Crippen MR) is 122 cm³/mol. The van der Waals surface area contributed by atoms with Crippen LogP contribution in [0.2, 0.25) is 0 Å². The second-order valence-corrected chi connectivity index (χ2v) is 7.61. The molecule has 1 heterocycles. The Kier molecular flexibility index (Phi) is 6.37. The van der Waals surface area contributed by atoms with E-state index in [2.05, 4.69) is 15.5 Å². The van der Waals surface area contributed by atoms with Gasteiger partial charge in [-0.3, -0.25) is 9.59 Å². The highest BCUT2D eigenvalue weighted by Crippen LogP contribution is 2.29. The molecule has 4 aromatic rings. The van der Waals surface area contributed by atoms with Crippen molar-refractivity contribution in [1.82, 2.24) is 10.2 Å². The molecule has 0 aliphatic carbocycles. The summed E-state index contributed by atoms with van der Waals surface area (Å²) in [5.41, 5.74) is 0.477. The molecular weight excluding hydrogens is 463 g/mol. The Hall–Kier alpha value is -4.47. The van der Waals surface area contributed by atoms with E-state index < -0.39 is 29.2 Å². The zero-order valence-corrected chi connectivity index (χ0v) is 18.3. The lowest BCUT2D eigenvalue weighted by Gasteiger charge is -2.11. The van der Waals surface area contributed by atoms with E-state index in [1.165, 1.54) is 13.2 Å². The molecule has 3 aromatic carbocycles. The Bertz CT molecular complexity index is 1480. The van der Waals surface area contributed by atoms with Crippen LogP contribution in [0, 0.1) is 0 Å². The number of fused-ring (bicyclic) bond motifs is 1. The molecule has 0 saturated heterocycles. The Morgan fingerprint density at radius 1 is 1.00 bits per heavy atom. The average molecular weight is 481 g/mol. The third kappa shape index (κ3) is 5.06. The molecule has 0 atom stereocenters. The molecule has 7 nitrogen and oxygen atoms in total. The van der Waals surface area contributed by atoms with Crippen molar-refractivity contribution < 1.29 is 27.5 Å². The lowest BCUT2D eigenvalue weighted by molar-refractivity contribution is -0.137. The van der Waals surface area contributed by atoms with Crippen molar-refractivity contribution in [1.29, 1.82) is 0 Å². The minimum Gasteiger partial charge on any atom is -0.465 e. The Morgan fingerprint density at radius 3 is 2.40 bits per heavy atom. The van der Waals surface area contributed by atoms with Gasteiger partial charge in [-0.1, -0.05) is 24.3 Å². The van der Waals surface area contributed by atoms with Crippen molar-refractivity contribution in [2.24, 2.45) is 0 Å². The number of anilines is 1. The molecule has 0 bridgehead atoms. The largest absolute Gasteiger partial charge is 0.465 e. The lowest BCUT2D eigenvalue weighted by Crippen LogP contribution is -2.15. The number of aromatic amines is 1. The number of methoxy groups -OCH3 is 1. The van der Waals surface area contributed by atoms with Gasteiger partial charge in [-0.2, -0.15) is 18.3 Å². The van der Waals surface area contributed by atoms with Gasteiger partial charge >= 0.3 is 12.1 Å². The van der Waals surface area contributed by atoms with Crippen molar-refractivity contribution in [3.8, 4) is 0 Å². The van der Waals surface area contributed by atoms with E-state index in [4.69, 9.17) is 4.74 Å². The molecule has 4 rings (SSSR count). The first-order valence-corrected chi connectivity index (χ1v) is 10.3. The number of H-pyrrole nitrogens is 1. The molecule has 0 aliphatic rings. The second kappa shape index (κ2) is 9.41.